The molecule has 1 saturated heterocycles. The number of carboxylic acid groups (broad SMARTS) is 1. The number of carbonyl (C=O) groups excluding carboxylic acids is 3. The summed E-state index contributed by atoms with van der Waals surface area (Å²) in [6, 6.07) is 7.50. The summed E-state index contributed by atoms with van der Waals surface area (Å²) in [6.45, 7) is 7.59. The lowest BCUT2D eigenvalue weighted by atomic mass is 10.0. The van der Waals surface area contributed by atoms with Gasteiger partial charge in [-0.3, -0.25) is 24.2 Å². The molecule has 3 rings (SSSR count). The topological polar surface area (TPSA) is 141 Å². The summed E-state index contributed by atoms with van der Waals surface area (Å²) in [7, 11) is 0. The molecule has 0 spiro atoms. The molecule has 204 valence electrons. The monoisotopic (exact) mass is 523 g/mol. The third-order valence-corrected chi connectivity index (χ3v) is 6.52. The van der Waals surface area contributed by atoms with Crippen LogP contribution in [-0.2, 0) is 25.6 Å². The minimum atomic E-state index is -1.03. The number of benzene rings is 1. The lowest BCUT2D eigenvalue weighted by Crippen LogP contribution is -2.60. The van der Waals surface area contributed by atoms with Crippen LogP contribution in [0.3, 0.4) is 0 Å². The lowest BCUT2D eigenvalue weighted by molar-refractivity contribution is -0.148. The maximum absolute atomic E-state index is 12.9. The second-order valence-electron chi connectivity index (χ2n) is 9.89. The van der Waals surface area contributed by atoms with Crippen molar-refractivity contribution < 1.29 is 24.3 Å². The molecule has 10 heteroatoms. The molecule has 1 fully saturated rings. The summed E-state index contributed by atoms with van der Waals surface area (Å²) in [4.78, 5) is 54.2. The lowest BCUT2D eigenvalue weighted by Gasteiger charge is -2.34. The van der Waals surface area contributed by atoms with Gasteiger partial charge in [0.1, 0.15) is 18.1 Å². The minimum Gasteiger partial charge on any atom is -0.480 e. The van der Waals surface area contributed by atoms with Crippen LogP contribution in [0.2, 0.25) is 0 Å². The molecule has 2 heterocycles. The fraction of sp³-hybridized carbons (Fsp3) is 0.464. The van der Waals surface area contributed by atoms with Crippen molar-refractivity contribution in [1.82, 2.24) is 26.1 Å². The van der Waals surface area contributed by atoms with Gasteiger partial charge in [-0.15, -0.1) is 0 Å². The number of rotatable bonds is 10. The van der Waals surface area contributed by atoms with E-state index in [1.165, 1.54) is 17.5 Å². The molecule has 3 unspecified atom stereocenters. The van der Waals surface area contributed by atoms with Crippen LogP contribution in [-0.4, -0.2) is 63.5 Å². The van der Waals surface area contributed by atoms with Gasteiger partial charge in [0.25, 0.3) is 5.91 Å². The van der Waals surface area contributed by atoms with Crippen molar-refractivity contribution in [1.29, 1.82) is 0 Å². The summed E-state index contributed by atoms with van der Waals surface area (Å²) >= 11 is 0. The molecule has 1 aromatic carbocycles. The summed E-state index contributed by atoms with van der Waals surface area (Å²) in [6.07, 6.45) is 5.44. The molecule has 0 radical (unpaired) electrons. The van der Waals surface area contributed by atoms with Crippen molar-refractivity contribution in [3.8, 4) is 0 Å². The Morgan fingerprint density at radius 1 is 1.16 bits per heavy atom. The first-order chi connectivity index (χ1) is 18.1. The van der Waals surface area contributed by atoms with Crippen LogP contribution in [0, 0.1) is 5.92 Å². The normalized spacial score (nSPS) is 17.4. The van der Waals surface area contributed by atoms with Gasteiger partial charge in [-0.25, -0.2) is 10.4 Å². The number of carboxylic acids is 1. The van der Waals surface area contributed by atoms with Crippen molar-refractivity contribution in [2.75, 3.05) is 6.54 Å². The molecule has 3 atom stereocenters. The first-order valence-electron chi connectivity index (χ1n) is 13.0. The van der Waals surface area contributed by atoms with Gasteiger partial charge in [0.2, 0.25) is 11.8 Å². The first-order valence-corrected chi connectivity index (χ1v) is 13.0. The van der Waals surface area contributed by atoms with E-state index in [1.54, 1.807) is 26.0 Å². The molecule has 3 amide bonds. The van der Waals surface area contributed by atoms with Gasteiger partial charge in [-0.2, -0.15) is 0 Å². The van der Waals surface area contributed by atoms with Gasteiger partial charge >= 0.3 is 5.97 Å². The van der Waals surface area contributed by atoms with Gasteiger partial charge in [-0.1, -0.05) is 45.0 Å². The zero-order valence-corrected chi connectivity index (χ0v) is 22.4. The van der Waals surface area contributed by atoms with Crippen LogP contribution < -0.4 is 16.1 Å². The van der Waals surface area contributed by atoms with Crippen LogP contribution >= 0.6 is 0 Å². The molecule has 0 bridgehead atoms. The Morgan fingerprint density at radius 3 is 2.58 bits per heavy atom. The Hall–Kier alpha value is -3.79. The Labute approximate surface area is 222 Å². The molecule has 1 aliphatic rings. The SMILES string of the molecule is CCc1ccc2ccc(/C=C/CC(=O)NC(C(=O)NC(C)C(=O)N3CCCC(C(=O)O)N3)C(C)C)nc2c1. The number of hydrogen-bond donors (Lipinski definition) is 4. The fourth-order valence-electron chi connectivity index (χ4n) is 4.27. The number of fused-ring (bicyclic) bond motifs is 1. The number of hydrogen-bond acceptors (Lipinski definition) is 6. The van der Waals surface area contributed by atoms with E-state index in [1.807, 2.05) is 18.2 Å². The summed E-state index contributed by atoms with van der Waals surface area (Å²) < 4.78 is 0. The average molecular weight is 524 g/mol. The van der Waals surface area contributed by atoms with Crippen LogP contribution in [0.1, 0.15) is 58.2 Å². The van der Waals surface area contributed by atoms with E-state index in [-0.39, 0.29) is 18.2 Å². The zero-order chi connectivity index (χ0) is 27.8. The van der Waals surface area contributed by atoms with E-state index >= 15 is 0 Å². The Morgan fingerprint density at radius 2 is 1.89 bits per heavy atom. The highest BCUT2D eigenvalue weighted by Gasteiger charge is 2.32. The number of aromatic nitrogens is 1. The molecule has 4 N–H and O–H groups in total. The van der Waals surface area contributed by atoms with E-state index in [0.717, 1.165) is 23.0 Å². The van der Waals surface area contributed by atoms with Gasteiger partial charge < -0.3 is 15.7 Å². The quantitative estimate of drug-likeness (QED) is 0.375. The Kier molecular flexibility index (Phi) is 9.95. The standard InChI is InChI=1S/C28H37N5O5/c1-5-19-11-12-20-13-14-21(30-23(20)16-19)8-6-10-24(34)31-25(17(2)3)26(35)29-18(4)27(36)33-15-7-9-22(32-33)28(37)38/h6,8,11-14,16-18,22,25,32H,5,7,9-10,15H2,1-4H3,(H,29,35)(H,31,34)(H,37,38)/b8-6+. The molecule has 10 nitrogen and oxygen atoms in total. The number of carbonyl (C=O) groups is 4. The van der Waals surface area contributed by atoms with Gasteiger partial charge in [0, 0.05) is 18.4 Å². The molecule has 1 aliphatic heterocycles. The summed E-state index contributed by atoms with van der Waals surface area (Å²) in [5.74, 6) is -2.49. The number of nitrogens with one attached hydrogen (secondary N) is 3. The molecule has 0 saturated carbocycles. The molecular formula is C28H37N5O5. The minimum absolute atomic E-state index is 0.0635. The van der Waals surface area contributed by atoms with Gasteiger partial charge in [-0.05, 0) is 55.9 Å². The second kappa shape index (κ2) is 13.1. The second-order valence-corrected chi connectivity index (χ2v) is 9.89. The third-order valence-electron chi connectivity index (χ3n) is 6.52. The van der Waals surface area contributed by atoms with Crippen LogP contribution in [0.5, 0.6) is 0 Å². The van der Waals surface area contributed by atoms with Crippen LogP contribution in [0.15, 0.2) is 36.4 Å². The molecule has 2 aromatic rings. The molecular weight excluding hydrogens is 486 g/mol. The molecule has 38 heavy (non-hydrogen) atoms. The zero-order valence-electron chi connectivity index (χ0n) is 22.4. The van der Waals surface area contributed by atoms with Crippen molar-refractivity contribution in [3.63, 3.8) is 0 Å². The maximum atomic E-state index is 12.9. The van der Waals surface area contributed by atoms with E-state index in [4.69, 9.17) is 0 Å². The third kappa shape index (κ3) is 7.61. The van der Waals surface area contributed by atoms with Crippen molar-refractivity contribution in [3.05, 3.63) is 47.7 Å². The molecule has 1 aromatic heterocycles. The summed E-state index contributed by atoms with van der Waals surface area (Å²) in [5, 5.41) is 16.9. The summed E-state index contributed by atoms with van der Waals surface area (Å²) in [5.41, 5.74) is 5.53. The highest BCUT2D eigenvalue weighted by Crippen LogP contribution is 2.16. The highest BCUT2D eigenvalue weighted by molar-refractivity contribution is 5.92. The van der Waals surface area contributed by atoms with E-state index < -0.39 is 35.9 Å². The number of aliphatic carboxylic acids is 1. The van der Waals surface area contributed by atoms with Gasteiger partial charge in [0.15, 0.2) is 0 Å². The number of nitrogens with zero attached hydrogens (tertiary/aromatic N) is 2. The maximum Gasteiger partial charge on any atom is 0.322 e. The van der Waals surface area contributed by atoms with Crippen molar-refractivity contribution in [2.45, 2.75) is 71.5 Å². The van der Waals surface area contributed by atoms with E-state index in [2.05, 4.69) is 40.1 Å². The number of aryl methyl sites for hydroxylation is 1. The highest BCUT2D eigenvalue weighted by atomic mass is 16.4. The predicted molar refractivity (Wildman–Crippen MR) is 145 cm³/mol. The van der Waals surface area contributed by atoms with E-state index in [0.29, 0.717) is 19.4 Å². The van der Waals surface area contributed by atoms with Crippen molar-refractivity contribution >= 4 is 40.7 Å². The average Bonchev–Trinajstić information content (AvgIpc) is 2.90. The fourth-order valence-corrected chi connectivity index (χ4v) is 4.27. The van der Waals surface area contributed by atoms with Gasteiger partial charge in [0.05, 0.1) is 11.2 Å². The Balaban J connectivity index is 1.55. The largest absolute Gasteiger partial charge is 0.480 e. The Bertz CT molecular complexity index is 1210. The number of hydrazine groups is 1. The number of amides is 3. The molecule has 0 aliphatic carbocycles. The first kappa shape index (κ1) is 28.8. The van der Waals surface area contributed by atoms with Crippen molar-refractivity contribution in [2.24, 2.45) is 5.92 Å². The van der Waals surface area contributed by atoms with E-state index in [9.17, 15) is 24.3 Å². The van der Waals surface area contributed by atoms with Crippen LogP contribution in [0.25, 0.3) is 17.0 Å². The number of pyridine rings is 1. The van der Waals surface area contributed by atoms with Crippen LogP contribution in [0.4, 0.5) is 0 Å². The predicted octanol–water partition coefficient (Wildman–Crippen LogP) is 2.43. The smallest absolute Gasteiger partial charge is 0.322 e.